The van der Waals surface area contributed by atoms with Gasteiger partial charge in [-0.05, 0) is 12.1 Å². The lowest BCUT2D eigenvalue weighted by Crippen LogP contribution is -1.91. The smallest absolute Gasteiger partial charge is 0.237 e. The Labute approximate surface area is 70.9 Å². The van der Waals surface area contributed by atoms with Crippen LogP contribution in [0, 0.1) is 0 Å². The van der Waals surface area contributed by atoms with Gasteiger partial charge in [-0.25, -0.2) is 0 Å². The SMILES string of the molecule is COc1ccc([C]=O)c(OC)c1. The predicted octanol–water partition coefficient (Wildman–Crippen LogP) is 1.16. The molecule has 0 saturated heterocycles. The molecule has 3 nitrogen and oxygen atoms in total. The van der Waals surface area contributed by atoms with Crippen molar-refractivity contribution in [3.05, 3.63) is 23.8 Å². The topological polar surface area (TPSA) is 35.5 Å². The van der Waals surface area contributed by atoms with E-state index < -0.39 is 0 Å². The van der Waals surface area contributed by atoms with Gasteiger partial charge in [-0.15, -0.1) is 0 Å². The maximum Gasteiger partial charge on any atom is 0.237 e. The number of ether oxygens (including phenoxy) is 2. The molecule has 3 heteroatoms. The van der Waals surface area contributed by atoms with Gasteiger partial charge in [0.05, 0.1) is 19.8 Å². The van der Waals surface area contributed by atoms with Gasteiger partial charge in [0.15, 0.2) is 0 Å². The third-order valence-electron chi connectivity index (χ3n) is 1.52. The Bertz CT molecular complexity index is 281. The first kappa shape index (κ1) is 8.59. The van der Waals surface area contributed by atoms with Crippen LogP contribution in [0.4, 0.5) is 0 Å². The van der Waals surface area contributed by atoms with Crippen LogP contribution in [0.5, 0.6) is 11.5 Å². The third-order valence-corrected chi connectivity index (χ3v) is 1.52. The summed E-state index contributed by atoms with van der Waals surface area (Å²) in [7, 11) is 3.05. The lowest BCUT2D eigenvalue weighted by atomic mass is 10.2. The minimum absolute atomic E-state index is 0.401. The van der Waals surface area contributed by atoms with Crippen molar-refractivity contribution in [2.24, 2.45) is 0 Å². The van der Waals surface area contributed by atoms with E-state index in [1.807, 2.05) is 0 Å². The predicted molar refractivity (Wildman–Crippen MR) is 44.3 cm³/mol. The van der Waals surface area contributed by atoms with Gasteiger partial charge in [0.1, 0.15) is 11.5 Å². The molecule has 1 rings (SSSR count). The second-order valence-corrected chi connectivity index (χ2v) is 2.17. The van der Waals surface area contributed by atoms with Gasteiger partial charge < -0.3 is 9.47 Å². The Kier molecular flexibility index (Phi) is 2.69. The minimum Gasteiger partial charge on any atom is -0.497 e. The van der Waals surface area contributed by atoms with E-state index in [1.165, 1.54) is 7.11 Å². The minimum atomic E-state index is 0.401. The maximum atomic E-state index is 10.3. The fourth-order valence-corrected chi connectivity index (χ4v) is 0.883. The van der Waals surface area contributed by atoms with Crippen LogP contribution in [0.2, 0.25) is 0 Å². The molecule has 0 saturated carbocycles. The average molecular weight is 165 g/mol. The first-order valence-electron chi connectivity index (χ1n) is 3.42. The lowest BCUT2D eigenvalue weighted by molar-refractivity contribution is 0.393. The highest BCUT2D eigenvalue weighted by molar-refractivity contribution is 5.80. The van der Waals surface area contributed by atoms with Crippen LogP contribution in [-0.2, 0) is 4.79 Å². The van der Waals surface area contributed by atoms with E-state index in [0.29, 0.717) is 17.1 Å². The number of hydrogen-bond acceptors (Lipinski definition) is 3. The number of hydrogen-bond donors (Lipinski definition) is 0. The molecular formula is C9H9O3. The summed E-state index contributed by atoms with van der Waals surface area (Å²) < 4.78 is 9.88. The van der Waals surface area contributed by atoms with Crippen molar-refractivity contribution < 1.29 is 14.3 Å². The molecule has 0 aliphatic heterocycles. The van der Waals surface area contributed by atoms with Crippen LogP contribution in [0.25, 0.3) is 0 Å². The Balaban J connectivity index is 3.10. The number of methoxy groups -OCH3 is 2. The van der Waals surface area contributed by atoms with Gasteiger partial charge >= 0.3 is 0 Å². The molecule has 0 atom stereocenters. The van der Waals surface area contributed by atoms with Gasteiger partial charge in [-0.1, -0.05) is 0 Å². The summed E-state index contributed by atoms with van der Waals surface area (Å²) in [6.45, 7) is 0. The first-order chi connectivity index (χ1) is 5.81. The molecule has 63 valence electrons. The fraction of sp³-hybridized carbons (Fsp3) is 0.222. The molecule has 0 amide bonds. The van der Waals surface area contributed by atoms with Gasteiger partial charge in [-0.3, -0.25) is 4.79 Å². The summed E-state index contributed by atoms with van der Waals surface area (Å²) >= 11 is 0. The molecule has 0 aliphatic carbocycles. The van der Waals surface area contributed by atoms with Gasteiger partial charge in [0.2, 0.25) is 6.29 Å². The van der Waals surface area contributed by atoms with E-state index in [0.717, 1.165) is 0 Å². The van der Waals surface area contributed by atoms with E-state index in [9.17, 15) is 4.79 Å². The monoisotopic (exact) mass is 165 g/mol. The molecule has 0 unspecified atom stereocenters. The van der Waals surface area contributed by atoms with Crippen LogP contribution >= 0.6 is 0 Å². The number of carbonyl (C=O) groups excluding carboxylic acids is 1. The molecule has 0 fully saturated rings. The van der Waals surface area contributed by atoms with E-state index in [1.54, 1.807) is 31.6 Å². The molecule has 0 aliphatic rings. The van der Waals surface area contributed by atoms with Crippen molar-refractivity contribution >= 4 is 6.29 Å². The molecular weight excluding hydrogens is 156 g/mol. The highest BCUT2D eigenvalue weighted by atomic mass is 16.5. The van der Waals surface area contributed by atoms with Crippen LogP contribution in [0.1, 0.15) is 5.56 Å². The van der Waals surface area contributed by atoms with Crippen molar-refractivity contribution in [2.45, 2.75) is 0 Å². The summed E-state index contributed by atoms with van der Waals surface area (Å²) in [5.41, 5.74) is 0.401. The van der Waals surface area contributed by atoms with Gasteiger partial charge in [-0.2, -0.15) is 0 Å². The second-order valence-electron chi connectivity index (χ2n) is 2.17. The summed E-state index contributed by atoms with van der Waals surface area (Å²) in [5.74, 6) is 1.13. The van der Waals surface area contributed by atoms with Crippen molar-refractivity contribution in [3.63, 3.8) is 0 Å². The molecule has 0 spiro atoms. The Morgan fingerprint density at radius 1 is 1.25 bits per heavy atom. The molecule has 1 aromatic carbocycles. The first-order valence-corrected chi connectivity index (χ1v) is 3.42. The molecule has 0 N–H and O–H groups in total. The normalized spacial score (nSPS) is 9.17. The standard InChI is InChI=1S/C9H9O3/c1-11-8-4-3-7(6-10)9(5-8)12-2/h3-5H,1-2H3. The summed E-state index contributed by atoms with van der Waals surface area (Å²) in [6.07, 6.45) is 1.77. The van der Waals surface area contributed by atoms with E-state index >= 15 is 0 Å². The quantitative estimate of drug-likeness (QED) is 0.674. The van der Waals surface area contributed by atoms with E-state index in [4.69, 9.17) is 9.47 Å². The van der Waals surface area contributed by atoms with E-state index in [-0.39, 0.29) is 0 Å². The lowest BCUT2D eigenvalue weighted by Gasteiger charge is -2.04. The summed E-state index contributed by atoms with van der Waals surface area (Å²) in [6, 6.07) is 4.92. The highest BCUT2D eigenvalue weighted by Crippen LogP contribution is 2.22. The maximum absolute atomic E-state index is 10.3. The van der Waals surface area contributed by atoms with Crippen LogP contribution in [-0.4, -0.2) is 20.5 Å². The van der Waals surface area contributed by atoms with Crippen molar-refractivity contribution in [1.82, 2.24) is 0 Å². The number of rotatable bonds is 3. The zero-order chi connectivity index (χ0) is 8.97. The molecule has 0 aromatic heterocycles. The van der Waals surface area contributed by atoms with Crippen LogP contribution < -0.4 is 9.47 Å². The third kappa shape index (κ3) is 1.56. The molecule has 0 bridgehead atoms. The van der Waals surface area contributed by atoms with Crippen LogP contribution in [0.15, 0.2) is 18.2 Å². The fourth-order valence-electron chi connectivity index (χ4n) is 0.883. The molecule has 12 heavy (non-hydrogen) atoms. The van der Waals surface area contributed by atoms with Crippen molar-refractivity contribution in [2.75, 3.05) is 14.2 Å². The van der Waals surface area contributed by atoms with Crippen LogP contribution in [0.3, 0.4) is 0 Å². The largest absolute Gasteiger partial charge is 0.497 e. The highest BCUT2D eigenvalue weighted by Gasteiger charge is 2.03. The van der Waals surface area contributed by atoms with Crippen molar-refractivity contribution in [1.29, 1.82) is 0 Å². The molecule has 1 radical (unpaired) electrons. The number of benzene rings is 1. The van der Waals surface area contributed by atoms with E-state index in [2.05, 4.69) is 0 Å². The average Bonchev–Trinajstić information content (AvgIpc) is 2.16. The Morgan fingerprint density at radius 2 is 2.00 bits per heavy atom. The Hall–Kier alpha value is -1.51. The molecule has 1 aromatic rings. The summed E-state index contributed by atoms with van der Waals surface area (Å²) in [5, 5.41) is 0. The molecule has 0 heterocycles. The Morgan fingerprint density at radius 3 is 2.50 bits per heavy atom. The zero-order valence-electron chi connectivity index (χ0n) is 6.96. The zero-order valence-corrected chi connectivity index (χ0v) is 6.96. The summed E-state index contributed by atoms with van der Waals surface area (Å²) in [4.78, 5) is 10.3. The van der Waals surface area contributed by atoms with Gasteiger partial charge in [0.25, 0.3) is 0 Å². The van der Waals surface area contributed by atoms with Gasteiger partial charge in [0, 0.05) is 6.07 Å². The second kappa shape index (κ2) is 3.76. The van der Waals surface area contributed by atoms with Crippen molar-refractivity contribution in [3.8, 4) is 11.5 Å².